The summed E-state index contributed by atoms with van der Waals surface area (Å²) in [5.74, 6) is 0.282. The minimum absolute atomic E-state index is 0.0899. The van der Waals surface area contributed by atoms with Crippen molar-refractivity contribution in [2.75, 3.05) is 13.1 Å². The molecule has 0 unspecified atom stereocenters. The van der Waals surface area contributed by atoms with Gasteiger partial charge in [0.25, 0.3) is 0 Å². The average Bonchev–Trinajstić information content (AvgIpc) is 2.60. The third kappa shape index (κ3) is 4.53. The van der Waals surface area contributed by atoms with Crippen molar-refractivity contribution in [1.29, 1.82) is 0 Å². The number of hydrogen-bond donors (Lipinski definition) is 3. The Morgan fingerprint density at radius 3 is 2.36 bits per heavy atom. The first-order chi connectivity index (χ1) is 12.2. The summed E-state index contributed by atoms with van der Waals surface area (Å²) in [6.07, 6.45) is 5.26. The van der Waals surface area contributed by atoms with Gasteiger partial charge in [-0.05, 0) is 48.9 Å². The van der Waals surface area contributed by atoms with Crippen LogP contribution in [0.15, 0.2) is 54.6 Å². The van der Waals surface area contributed by atoms with Crippen LogP contribution in [0.25, 0.3) is 0 Å². The third-order valence-electron chi connectivity index (χ3n) is 5.15. The SMILES string of the molecule is O=C(NCCCc1ccc(O)cc1)NCC1(c2ccccc2)CCC1. The van der Waals surface area contributed by atoms with Crippen molar-refractivity contribution in [2.45, 2.75) is 37.5 Å². The Kier molecular flexibility index (Phi) is 5.59. The van der Waals surface area contributed by atoms with Crippen LogP contribution in [0, 0.1) is 0 Å². The van der Waals surface area contributed by atoms with Crippen molar-refractivity contribution in [1.82, 2.24) is 10.6 Å². The maximum atomic E-state index is 12.1. The van der Waals surface area contributed by atoms with Gasteiger partial charge in [0, 0.05) is 18.5 Å². The van der Waals surface area contributed by atoms with Crippen LogP contribution < -0.4 is 10.6 Å². The predicted octanol–water partition coefficient (Wildman–Crippen LogP) is 3.75. The zero-order valence-corrected chi connectivity index (χ0v) is 14.5. The number of carbonyl (C=O) groups is 1. The van der Waals surface area contributed by atoms with E-state index in [0.717, 1.165) is 31.2 Å². The molecule has 3 N–H and O–H groups in total. The first-order valence-electron chi connectivity index (χ1n) is 9.03. The molecule has 2 amide bonds. The Morgan fingerprint density at radius 2 is 1.72 bits per heavy atom. The van der Waals surface area contributed by atoms with E-state index in [1.165, 1.54) is 12.0 Å². The van der Waals surface area contributed by atoms with Gasteiger partial charge in [0.05, 0.1) is 0 Å². The highest BCUT2D eigenvalue weighted by Crippen LogP contribution is 2.43. The number of phenols is 1. The molecule has 25 heavy (non-hydrogen) atoms. The summed E-state index contributed by atoms with van der Waals surface area (Å²) >= 11 is 0. The Hall–Kier alpha value is -2.49. The highest BCUT2D eigenvalue weighted by Gasteiger charge is 2.38. The highest BCUT2D eigenvalue weighted by atomic mass is 16.3. The minimum atomic E-state index is -0.0899. The molecule has 2 aromatic carbocycles. The normalized spacial score (nSPS) is 15.2. The summed E-state index contributed by atoms with van der Waals surface area (Å²) in [6, 6.07) is 17.6. The molecule has 1 aliphatic carbocycles. The van der Waals surface area contributed by atoms with Crippen molar-refractivity contribution in [3.63, 3.8) is 0 Å². The molecular weight excluding hydrogens is 312 g/mol. The molecule has 0 aromatic heterocycles. The smallest absolute Gasteiger partial charge is 0.314 e. The van der Waals surface area contributed by atoms with E-state index in [-0.39, 0.29) is 17.2 Å². The van der Waals surface area contributed by atoms with E-state index in [4.69, 9.17) is 0 Å². The van der Waals surface area contributed by atoms with Crippen LogP contribution >= 0.6 is 0 Å². The molecule has 0 heterocycles. The largest absolute Gasteiger partial charge is 0.508 e. The van der Waals surface area contributed by atoms with Gasteiger partial charge >= 0.3 is 6.03 Å². The summed E-state index contributed by atoms with van der Waals surface area (Å²) < 4.78 is 0. The standard InChI is InChI=1S/C21H26N2O2/c24-19-11-9-17(10-12-19)6-4-15-22-20(25)23-16-21(13-5-14-21)18-7-2-1-3-8-18/h1-3,7-12,24H,4-6,13-16H2,(H2,22,23,25). The van der Waals surface area contributed by atoms with Crippen molar-refractivity contribution < 1.29 is 9.90 Å². The number of rotatable bonds is 7. The maximum Gasteiger partial charge on any atom is 0.314 e. The fraction of sp³-hybridized carbons (Fsp3) is 0.381. The molecule has 0 spiro atoms. The summed E-state index contributed by atoms with van der Waals surface area (Å²) in [5.41, 5.74) is 2.61. The number of hydrogen-bond acceptors (Lipinski definition) is 2. The number of urea groups is 1. The topological polar surface area (TPSA) is 61.4 Å². The average molecular weight is 338 g/mol. The molecule has 1 fully saturated rings. The Bertz CT molecular complexity index is 679. The number of carbonyl (C=O) groups excluding carboxylic acids is 1. The van der Waals surface area contributed by atoms with Crippen LogP contribution in [-0.4, -0.2) is 24.2 Å². The van der Waals surface area contributed by atoms with Crippen LogP contribution in [-0.2, 0) is 11.8 Å². The fourth-order valence-corrected chi connectivity index (χ4v) is 3.43. The fourth-order valence-electron chi connectivity index (χ4n) is 3.43. The van der Waals surface area contributed by atoms with Gasteiger partial charge < -0.3 is 15.7 Å². The van der Waals surface area contributed by atoms with E-state index in [1.807, 2.05) is 18.2 Å². The first kappa shape index (κ1) is 17.3. The van der Waals surface area contributed by atoms with E-state index in [0.29, 0.717) is 13.1 Å². The molecule has 4 nitrogen and oxygen atoms in total. The summed E-state index contributed by atoms with van der Waals surface area (Å²) in [7, 11) is 0. The van der Waals surface area contributed by atoms with E-state index < -0.39 is 0 Å². The highest BCUT2D eigenvalue weighted by molar-refractivity contribution is 5.74. The molecule has 0 bridgehead atoms. The number of nitrogens with one attached hydrogen (secondary N) is 2. The van der Waals surface area contributed by atoms with Crippen LogP contribution in [0.1, 0.15) is 36.8 Å². The molecule has 0 radical (unpaired) electrons. The Balaban J connectivity index is 1.38. The summed E-state index contributed by atoms with van der Waals surface area (Å²) in [6.45, 7) is 1.34. The monoisotopic (exact) mass is 338 g/mol. The van der Waals surface area contributed by atoms with E-state index in [9.17, 15) is 9.90 Å². The molecule has 1 aliphatic rings. The van der Waals surface area contributed by atoms with Gasteiger partial charge in [-0.3, -0.25) is 0 Å². The zero-order valence-electron chi connectivity index (χ0n) is 14.5. The third-order valence-corrected chi connectivity index (χ3v) is 5.15. The molecule has 132 valence electrons. The van der Waals surface area contributed by atoms with Crippen LogP contribution in [0.2, 0.25) is 0 Å². The van der Waals surface area contributed by atoms with Crippen molar-refractivity contribution in [3.05, 3.63) is 65.7 Å². The number of aryl methyl sites for hydroxylation is 1. The zero-order chi connectivity index (χ0) is 17.5. The quantitative estimate of drug-likeness (QED) is 0.673. The first-order valence-corrected chi connectivity index (χ1v) is 9.03. The summed E-state index contributed by atoms with van der Waals surface area (Å²) in [5, 5.41) is 15.3. The molecule has 1 saturated carbocycles. The Labute approximate surface area is 149 Å². The lowest BCUT2D eigenvalue weighted by Gasteiger charge is -2.42. The van der Waals surface area contributed by atoms with Gasteiger partial charge in [0.2, 0.25) is 0 Å². The van der Waals surface area contributed by atoms with Gasteiger partial charge in [-0.1, -0.05) is 48.9 Å². The van der Waals surface area contributed by atoms with Crippen LogP contribution in [0.5, 0.6) is 5.75 Å². The Morgan fingerprint density at radius 1 is 1.00 bits per heavy atom. The van der Waals surface area contributed by atoms with Gasteiger partial charge in [-0.2, -0.15) is 0 Å². The predicted molar refractivity (Wildman–Crippen MR) is 99.8 cm³/mol. The van der Waals surface area contributed by atoms with Gasteiger partial charge in [0.1, 0.15) is 5.75 Å². The van der Waals surface area contributed by atoms with Gasteiger partial charge in [-0.15, -0.1) is 0 Å². The maximum absolute atomic E-state index is 12.1. The molecule has 0 saturated heterocycles. The van der Waals surface area contributed by atoms with Crippen molar-refractivity contribution in [3.8, 4) is 5.75 Å². The van der Waals surface area contributed by atoms with Gasteiger partial charge in [0.15, 0.2) is 0 Å². The molecule has 0 aliphatic heterocycles. The molecule has 0 atom stereocenters. The lowest BCUT2D eigenvalue weighted by Crippen LogP contribution is -2.48. The van der Waals surface area contributed by atoms with Crippen LogP contribution in [0.3, 0.4) is 0 Å². The second kappa shape index (κ2) is 8.06. The van der Waals surface area contributed by atoms with Gasteiger partial charge in [-0.25, -0.2) is 4.79 Å². The van der Waals surface area contributed by atoms with E-state index in [1.54, 1.807) is 12.1 Å². The molecule has 2 aromatic rings. The lowest BCUT2D eigenvalue weighted by molar-refractivity contribution is 0.215. The number of aromatic hydroxyl groups is 1. The second-order valence-corrected chi connectivity index (χ2v) is 6.88. The molecule has 3 rings (SSSR count). The number of amides is 2. The van der Waals surface area contributed by atoms with E-state index >= 15 is 0 Å². The molecule has 4 heteroatoms. The van der Waals surface area contributed by atoms with Crippen LogP contribution in [0.4, 0.5) is 4.79 Å². The second-order valence-electron chi connectivity index (χ2n) is 6.88. The van der Waals surface area contributed by atoms with Crippen molar-refractivity contribution >= 4 is 6.03 Å². The summed E-state index contributed by atoms with van der Waals surface area (Å²) in [4.78, 5) is 12.1. The molecular formula is C21H26N2O2. The van der Waals surface area contributed by atoms with Crippen molar-refractivity contribution in [2.24, 2.45) is 0 Å². The minimum Gasteiger partial charge on any atom is -0.508 e. The number of phenolic OH excluding ortho intramolecular Hbond substituents is 1. The number of benzene rings is 2. The van der Waals surface area contributed by atoms with E-state index in [2.05, 4.69) is 34.9 Å². The lowest BCUT2D eigenvalue weighted by atomic mass is 9.64.